The monoisotopic (exact) mass is 247 g/mol. The fraction of sp³-hybridized carbons (Fsp3) is 0.429. The van der Waals surface area contributed by atoms with Gasteiger partial charge in [0.2, 0.25) is 0 Å². The van der Waals surface area contributed by atoms with Crippen LogP contribution in [0.2, 0.25) is 0 Å². The van der Waals surface area contributed by atoms with E-state index in [0.717, 1.165) is 5.90 Å². The molecule has 0 saturated carbocycles. The van der Waals surface area contributed by atoms with Crippen molar-refractivity contribution in [2.45, 2.75) is 32.3 Å². The lowest BCUT2D eigenvalue weighted by Gasteiger charge is -2.10. The van der Waals surface area contributed by atoms with E-state index in [1.807, 2.05) is 12.1 Å². The molecule has 0 radical (unpaired) electrons. The maximum atomic E-state index is 10.5. The predicted octanol–water partition coefficient (Wildman–Crippen LogP) is 2.20. The number of rotatable bonds is 5. The average molecular weight is 247 g/mol. The average Bonchev–Trinajstić information content (AvgIpc) is 2.77. The van der Waals surface area contributed by atoms with E-state index in [1.54, 1.807) is 0 Å². The van der Waals surface area contributed by atoms with Gasteiger partial charge in [0.1, 0.15) is 6.10 Å². The Hall–Kier alpha value is -1.84. The van der Waals surface area contributed by atoms with E-state index in [4.69, 9.17) is 9.84 Å². The van der Waals surface area contributed by atoms with Gasteiger partial charge in [-0.1, -0.05) is 24.3 Å². The summed E-state index contributed by atoms with van der Waals surface area (Å²) in [6.45, 7) is 2.64. The molecule has 1 aromatic rings. The van der Waals surface area contributed by atoms with Crippen molar-refractivity contribution in [1.29, 1.82) is 0 Å². The Labute approximate surface area is 106 Å². The lowest BCUT2D eigenvalue weighted by molar-refractivity contribution is -0.137. The molecule has 1 aromatic carbocycles. The SMILES string of the molecule is Cc1ccccc1CC1=NCC(CCC(=O)O)O1. The zero-order chi connectivity index (χ0) is 13.0. The van der Waals surface area contributed by atoms with Crippen LogP contribution < -0.4 is 0 Å². The van der Waals surface area contributed by atoms with Crippen molar-refractivity contribution in [2.24, 2.45) is 4.99 Å². The summed E-state index contributed by atoms with van der Waals surface area (Å²) in [5.41, 5.74) is 2.42. The third-order valence-electron chi connectivity index (χ3n) is 3.06. The lowest BCUT2D eigenvalue weighted by Crippen LogP contribution is -2.16. The number of ether oxygens (including phenoxy) is 1. The van der Waals surface area contributed by atoms with Crippen molar-refractivity contribution in [3.05, 3.63) is 35.4 Å². The molecule has 1 N–H and O–H groups in total. The van der Waals surface area contributed by atoms with E-state index in [0.29, 0.717) is 19.4 Å². The highest BCUT2D eigenvalue weighted by molar-refractivity contribution is 5.80. The molecule has 1 heterocycles. The molecule has 1 aliphatic rings. The Bertz CT molecular complexity index is 468. The summed E-state index contributed by atoms with van der Waals surface area (Å²) in [5, 5.41) is 8.62. The maximum Gasteiger partial charge on any atom is 0.303 e. The summed E-state index contributed by atoms with van der Waals surface area (Å²) in [6.07, 6.45) is 1.28. The second-order valence-electron chi connectivity index (χ2n) is 4.51. The molecule has 4 nitrogen and oxygen atoms in total. The van der Waals surface area contributed by atoms with Crippen LogP contribution in [-0.2, 0) is 16.0 Å². The van der Waals surface area contributed by atoms with Gasteiger partial charge in [-0.15, -0.1) is 0 Å². The zero-order valence-electron chi connectivity index (χ0n) is 10.4. The van der Waals surface area contributed by atoms with Crippen LogP contribution >= 0.6 is 0 Å². The number of aliphatic imine (C=N–C) groups is 1. The van der Waals surface area contributed by atoms with Gasteiger partial charge in [-0.25, -0.2) is 0 Å². The van der Waals surface area contributed by atoms with Crippen LogP contribution in [0.3, 0.4) is 0 Å². The van der Waals surface area contributed by atoms with E-state index < -0.39 is 5.97 Å². The summed E-state index contributed by atoms with van der Waals surface area (Å²) >= 11 is 0. The van der Waals surface area contributed by atoms with Crippen molar-refractivity contribution in [1.82, 2.24) is 0 Å². The number of nitrogens with zero attached hydrogens (tertiary/aromatic N) is 1. The van der Waals surface area contributed by atoms with Crippen molar-refractivity contribution < 1.29 is 14.6 Å². The quantitative estimate of drug-likeness (QED) is 0.867. The highest BCUT2D eigenvalue weighted by Crippen LogP contribution is 2.15. The van der Waals surface area contributed by atoms with E-state index in [1.165, 1.54) is 11.1 Å². The number of hydrogen-bond donors (Lipinski definition) is 1. The smallest absolute Gasteiger partial charge is 0.303 e. The predicted molar refractivity (Wildman–Crippen MR) is 68.9 cm³/mol. The molecule has 4 heteroatoms. The molecule has 1 atom stereocenters. The molecule has 1 unspecified atom stereocenters. The first-order valence-corrected chi connectivity index (χ1v) is 6.11. The van der Waals surface area contributed by atoms with Crippen LogP contribution in [0, 0.1) is 6.92 Å². The van der Waals surface area contributed by atoms with Crippen LogP contribution in [-0.4, -0.2) is 29.6 Å². The van der Waals surface area contributed by atoms with E-state index in [9.17, 15) is 4.79 Å². The van der Waals surface area contributed by atoms with Crippen LogP contribution in [0.4, 0.5) is 0 Å². The molecule has 0 fully saturated rings. The van der Waals surface area contributed by atoms with E-state index in [2.05, 4.69) is 24.0 Å². The molecule has 0 bridgehead atoms. The third-order valence-corrected chi connectivity index (χ3v) is 3.06. The minimum atomic E-state index is -0.786. The molecular weight excluding hydrogens is 230 g/mol. The molecular formula is C14H17NO3. The molecule has 0 amide bonds. The molecule has 96 valence electrons. The molecule has 1 aliphatic heterocycles. The fourth-order valence-corrected chi connectivity index (χ4v) is 1.97. The molecule has 0 aliphatic carbocycles. The molecule has 2 rings (SSSR count). The Morgan fingerprint density at radius 3 is 3.00 bits per heavy atom. The number of benzene rings is 1. The topological polar surface area (TPSA) is 58.9 Å². The van der Waals surface area contributed by atoms with Crippen molar-refractivity contribution in [2.75, 3.05) is 6.54 Å². The molecule has 0 aromatic heterocycles. The number of aliphatic carboxylic acids is 1. The van der Waals surface area contributed by atoms with E-state index >= 15 is 0 Å². The highest BCUT2D eigenvalue weighted by Gasteiger charge is 2.20. The first-order chi connectivity index (χ1) is 8.65. The highest BCUT2D eigenvalue weighted by atomic mass is 16.5. The van der Waals surface area contributed by atoms with Crippen molar-refractivity contribution in [3.8, 4) is 0 Å². The molecule has 0 saturated heterocycles. The zero-order valence-corrected chi connectivity index (χ0v) is 10.4. The van der Waals surface area contributed by atoms with Gasteiger partial charge >= 0.3 is 5.97 Å². The number of carboxylic acid groups (broad SMARTS) is 1. The third kappa shape index (κ3) is 3.32. The Kier molecular flexibility index (Phi) is 3.97. The number of carbonyl (C=O) groups is 1. The van der Waals surface area contributed by atoms with Gasteiger partial charge in [-0.05, 0) is 24.5 Å². The Morgan fingerprint density at radius 1 is 1.50 bits per heavy atom. The Balaban J connectivity index is 1.86. The normalized spacial score (nSPS) is 18.3. The van der Waals surface area contributed by atoms with Gasteiger partial charge in [0.05, 0.1) is 6.54 Å². The Morgan fingerprint density at radius 2 is 2.28 bits per heavy atom. The van der Waals surface area contributed by atoms with Gasteiger partial charge in [0.25, 0.3) is 0 Å². The summed E-state index contributed by atoms with van der Waals surface area (Å²) in [4.78, 5) is 14.8. The van der Waals surface area contributed by atoms with Gasteiger partial charge in [0, 0.05) is 12.8 Å². The summed E-state index contributed by atoms with van der Waals surface area (Å²) in [6, 6.07) is 8.13. The van der Waals surface area contributed by atoms with Crippen molar-refractivity contribution in [3.63, 3.8) is 0 Å². The summed E-state index contributed by atoms with van der Waals surface area (Å²) in [5.74, 6) is -0.0642. The largest absolute Gasteiger partial charge is 0.481 e. The second-order valence-corrected chi connectivity index (χ2v) is 4.51. The van der Waals surface area contributed by atoms with Crippen LogP contribution in [0.15, 0.2) is 29.3 Å². The van der Waals surface area contributed by atoms with Crippen LogP contribution in [0.25, 0.3) is 0 Å². The maximum absolute atomic E-state index is 10.5. The molecule has 18 heavy (non-hydrogen) atoms. The van der Waals surface area contributed by atoms with Crippen LogP contribution in [0.1, 0.15) is 24.0 Å². The van der Waals surface area contributed by atoms with E-state index in [-0.39, 0.29) is 12.5 Å². The van der Waals surface area contributed by atoms with Gasteiger partial charge in [-0.3, -0.25) is 9.79 Å². The summed E-state index contributed by atoms with van der Waals surface area (Å²) in [7, 11) is 0. The van der Waals surface area contributed by atoms with Crippen molar-refractivity contribution >= 4 is 11.9 Å². The first kappa shape index (κ1) is 12.6. The number of aryl methyl sites for hydroxylation is 1. The first-order valence-electron chi connectivity index (χ1n) is 6.11. The number of carboxylic acids is 1. The second kappa shape index (κ2) is 5.67. The minimum absolute atomic E-state index is 0.0693. The minimum Gasteiger partial charge on any atom is -0.481 e. The molecule has 0 spiro atoms. The summed E-state index contributed by atoms with van der Waals surface area (Å²) < 4.78 is 5.66. The van der Waals surface area contributed by atoms with Crippen LogP contribution in [0.5, 0.6) is 0 Å². The van der Waals surface area contributed by atoms with Gasteiger partial charge in [0.15, 0.2) is 5.90 Å². The number of hydrogen-bond acceptors (Lipinski definition) is 3. The van der Waals surface area contributed by atoms with Gasteiger partial charge < -0.3 is 9.84 Å². The standard InChI is InChI=1S/C14H17NO3/c1-10-4-2-3-5-11(10)8-13-15-9-12(18-13)6-7-14(16)17/h2-5,12H,6-9H2,1H3,(H,16,17). The lowest BCUT2D eigenvalue weighted by atomic mass is 10.1. The fourth-order valence-electron chi connectivity index (χ4n) is 1.97. The van der Waals surface area contributed by atoms with Gasteiger partial charge in [-0.2, -0.15) is 0 Å².